The molecule has 0 amide bonds. The number of methoxy groups -OCH3 is 1. The van der Waals surface area contributed by atoms with E-state index in [2.05, 4.69) is 51.7 Å². The maximum absolute atomic E-state index is 5.26. The average Bonchev–Trinajstić information content (AvgIpc) is 2.58. The third-order valence-electron chi connectivity index (χ3n) is 3.77. The summed E-state index contributed by atoms with van der Waals surface area (Å²) in [6.07, 6.45) is 1.97. The lowest BCUT2D eigenvalue weighted by molar-refractivity contribution is 0.405. The normalized spacial score (nSPS) is 10.8. The second-order valence-electron chi connectivity index (χ2n) is 6.33. The molecule has 1 aromatic carbocycles. The van der Waals surface area contributed by atoms with Gasteiger partial charge in [-0.1, -0.05) is 12.1 Å². The van der Waals surface area contributed by atoms with Crippen LogP contribution in [0.15, 0.2) is 30.3 Å². The maximum Gasteiger partial charge on any atom is 0.224 e. The van der Waals surface area contributed by atoms with Crippen LogP contribution >= 0.6 is 0 Å². The highest BCUT2D eigenvalue weighted by Gasteiger charge is 2.03. The van der Waals surface area contributed by atoms with E-state index in [1.807, 2.05) is 25.1 Å². The van der Waals surface area contributed by atoms with E-state index in [4.69, 9.17) is 4.74 Å². The van der Waals surface area contributed by atoms with Crippen molar-refractivity contribution in [1.82, 2.24) is 14.9 Å². The Balaban J connectivity index is 1.84. The van der Waals surface area contributed by atoms with Gasteiger partial charge in [0.15, 0.2) is 0 Å². The van der Waals surface area contributed by atoms with Crippen molar-refractivity contribution in [2.45, 2.75) is 19.8 Å². The molecular formula is C19H29N5O. The first kappa shape index (κ1) is 19.0. The number of aryl methyl sites for hydroxylation is 1. The molecule has 1 aromatic heterocycles. The van der Waals surface area contributed by atoms with E-state index in [-0.39, 0.29) is 0 Å². The molecule has 6 heteroatoms. The highest BCUT2D eigenvalue weighted by molar-refractivity contribution is 5.42. The Kier molecular flexibility index (Phi) is 7.47. The largest absolute Gasteiger partial charge is 0.497 e. The van der Waals surface area contributed by atoms with Gasteiger partial charge in [0.2, 0.25) is 5.95 Å². The number of rotatable bonds is 10. The Morgan fingerprint density at radius 1 is 1.08 bits per heavy atom. The van der Waals surface area contributed by atoms with Gasteiger partial charge in [-0.2, -0.15) is 4.98 Å². The minimum absolute atomic E-state index is 0.665. The van der Waals surface area contributed by atoms with E-state index in [9.17, 15) is 0 Å². The quantitative estimate of drug-likeness (QED) is 0.647. The SMILES string of the molecule is COc1cccc(CCNc2nc(C)cc(NCCCN(C)C)n2)c1. The molecule has 2 rings (SSSR count). The molecule has 0 fully saturated rings. The molecule has 6 nitrogen and oxygen atoms in total. The number of anilines is 2. The van der Waals surface area contributed by atoms with Gasteiger partial charge in [-0.3, -0.25) is 0 Å². The zero-order valence-electron chi connectivity index (χ0n) is 15.7. The number of ether oxygens (including phenoxy) is 1. The molecule has 0 spiro atoms. The molecule has 0 saturated heterocycles. The second-order valence-corrected chi connectivity index (χ2v) is 6.33. The Bertz CT molecular complexity index is 660. The minimum atomic E-state index is 0.665. The van der Waals surface area contributed by atoms with Crippen LogP contribution in [0.3, 0.4) is 0 Å². The summed E-state index contributed by atoms with van der Waals surface area (Å²) in [6, 6.07) is 10.1. The monoisotopic (exact) mass is 343 g/mol. The maximum atomic E-state index is 5.26. The van der Waals surface area contributed by atoms with E-state index >= 15 is 0 Å². The summed E-state index contributed by atoms with van der Waals surface area (Å²) in [5.41, 5.74) is 2.18. The molecule has 2 N–H and O–H groups in total. The molecule has 0 bridgehead atoms. The molecule has 136 valence electrons. The Labute approximate surface area is 150 Å². The molecule has 0 radical (unpaired) electrons. The van der Waals surface area contributed by atoms with Crippen LogP contribution in [0.4, 0.5) is 11.8 Å². The van der Waals surface area contributed by atoms with Gasteiger partial charge in [0, 0.05) is 24.8 Å². The van der Waals surface area contributed by atoms with Crippen molar-refractivity contribution in [2.24, 2.45) is 0 Å². The number of nitrogens with one attached hydrogen (secondary N) is 2. The third-order valence-corrected chi connectivity index (χ3v) is 3.77. The Morgan fingerprint density at radius 2 is 1.92 bits per heavy atom. The first-order chi connectivity index (χ1) is 12.1. The van der Waals surface area contributed by atoms with Gasteiger partial charge < -0.3 is 20.3 Å². The van der Waals surface area contributed by atoms with Crippen LogP contribution < -0.4 is 15.4 Å². The van der Waals surface area contributed by atoms with Crippen molar-refractivity contribution in [3.8, 4) is 5.75 Å². The molecule has 0 aliphatic heterocycles. The van der Waals surface area contributed by atoms with E-state index < -0.39 is 0 Å². The van der Waals surface area contributed by atoms with Crippen molar-refractivity contribution in [3.63, 3.8) is 0 Å². The molecule has 25 heavy (non-hydrogen) atoms. The Hall–Kier alpha value is -2.34. The molecule has 0 aliphatic carbocycles. The molecule has 1 heterocycles. The summed E-state index contributed by atoms with van der Waals surface area (Å²) in [5, 5.41) is 6.68. The van der Waals surface area contributed by atoms with E-state index in [0.717, 1.165) is 49.7 Å². The zero-order valence-corrected chi connectivity index (χ0v) is 15.7. The molecule has 0 saturated carbocycles. The van der Waals surface area contributed by atoms with E-state index in [1.165, 1.54) is 5.56 Å². The number of hydrogen-bond acceptors (Lipinski definition) is 6. The highest BCUT2D eigenvalue weighted by Crippen LogP contribution is 2.14. The van der Waals surface area contributed by atoms with Crippen molar-refractivity contribution >= 4 is 11.8 Å². The average molecular weight is 343 g/mol. The van der Waals surface area contributed by atoms with Crippen molar-refractivity contribution in [2.75, 3.05) is 51.5 Å². The van der Waals surface area contributed by atoms with Crippen molar-refractivity contribution in [3.05, 3.63) is 41.6 Å². The molecule has 0 unspecified atom stereocenters. The van der Waals surface area contributed by atoms with Crippen molar-refractivity contribution in [1.29, 1.82) is 0 Å². The summed E-state index contributed by atoms with van der Waals surface area (Å²) >= 11 is 0. The van der Waals surface area contributed by atoms with Crippen LogP contribution in [0.5, 0.6) is 5.75 Å². The van der Waals surface area contributed by atoms with E-state index in [0.29, 0.717) is 5.95 Å². The fraction of sp³-hybridized carbons (Fsp3) is 0.474. The summed E-state index contributed by atoms with van der Waals surface area (Å²) < 4.78 is 5.26. The smallest absolute Gasteiger partial charge is 0.224 e. The van der Waals surface area contributed by atoms with Gasteiger partial charge in [0.1, 0.15) is 11.6 Å². The standard InChI is InChI=1S/C19H29N5O/c1-15-13-18(20-10-6-12-24(2)3)23-19(22-15)21-11-9-16-7-5-8-17(14-16)25-4/h5,7-8,13-14H,6,9-12H2,1-4H3,(H2,20,21,22,23). The topological polar surface area (TPSA) is 62.3 Å². The lowest BCUT2D eigenvalue weighted by Crippen LogP contribution is -2.17. The molecule has 0 atom stereocenters. The van der Waals surface area contributed by atoms with Gasteiger partial charge in [-0.05, 0) is 58.1 Å². The zero-order chi connectivity index (χ0) is 18.1. The van der Waals surface area contributed by atoms with Gasteiger partial charge in [0.05, 0.1) is 7.11 Å². The third kappa shape index (κ3) is 6.97. The minimum Gasteiger partial charge on any atom is -0.497 e. The van der Waals surface area contributed by atoms with Gasteiger partial charge in [-0.15, -0.1) is 0 Å². The number of aromatic nitrogens is 2. The van der Waals surface area contributed by atoms with E-state index in [1.54, 1.807) is 7.11 Å². The first-order valence-electron chi connectivity index (χ1n) is 8.68. The lowest BCUT2D eigenvalue weighted by atomic mass is 10.1. The van der Waals surface area contributed by atoms with Crippen LogP contribution in [0.2, 0.25) is 0 Å². The van der Waals surface area contributed by atoms with Gasteiger partial charge in [0.25, 0.3) is 0 Å². The lowest BCUT2D eigenvalue weighted by Gasteiger charge is -2.12. The fourth-order valence-corrected chi connectivity index (χ4v) is 2.50. The molecule has 2 aromatic rings. The summed E-state index contributed by atoms with van der Waals surface area (Å²) in [6.45, 7) is 4.72. The predicted octanol–water partition coefficient (Wildman–Crippen LogP) is 2.81. The summed E-state index contributed by atoms with van der Waals surface area (Å²) in [5.74, 6) is 2.42. The number of benzene rings is 1. The van der Waals surface area contributed by atoms with Crippen LogP contribution in [0.1, 0.15) is 17.7 Å². The van der Waals surface area contributed by atoms with Crippen LogP contribution in [0, 0.1) is 6.92 Å². The van der Waals surface area contributed by atoms with Crippen LogP contribution in [-0.4, -0.2) is 55.7 Å². The first-order valence-corrected chi connectivity index (χ1v) is 8.68. The molecular weight excluding hydrogens is 314 g/mol. The summed E-state index contributed by atoms with van der Waals surface area (Å²) in [4.78, 5) is 11.2. The fourth-order valence-electron chi connectivity index (χ4n) is 2.50. The van der Waals surface area contributed by atoms with Crippen LogP contribution in [-0.2, 0) is 6.42 Å². The second kappa shape index (κ2) is 9.84. The number of nitrogens with zero attached hydrogens (tertiary/aromatic N) is 3. The summed E-state index contributed by atoms with van der Waals surface area (Å²) in [7, 11) is 5.85. The molecule has 0 aliphatic rings. The highest BCUT2D eigenvalue weighted by atomic mass is 16.5. The van der Waals surface area contributed by atoms with Gasteiger partial charge in [-0.25, -0.2) is 4.98 Å². The van der Waals surface area contributed by atoms with Crippen molar-refractivity contribution < 1.29 is 4.74 Å². The van der Waals surface area contributed by atoms with Gasteiger partial charge >= 0.3 is 0 Å². The predicted molar refractivity (Wildman–Crippen MR) is 104 cm³/mol. The van der Waals surface area contributed by atoms with Crippen LogP contribution in [0.25, 0.3) is 0 Å². The number of hydrogen-bond donors (Lipinski definition) is 2. The Morgan fingerprint density at radius 3 is 2.68 bits per heavy atom.